The zero-order valence-corrected chi connectivity index (χ0v) is 28.7. The lowest BCUT2D eigenvalue weighted by Gasteiger charge is -2.19. The van der Waals surface area contributed by atoms with Crippen molar-refractivity contribution in [2.45, 2.75) is 40.5 Å². The van der Waals surface area contributed by atoms with Crippen LogP contribution in [0, 0.1) is 27.7 Å². The maximum Gasteiger partial charge on any atom is 0.132 e. The van der Waals surface area contributed by atoms with E-state index < -0.39 is 17.6 Å². The molecular formula is C42H42Si2. The molecule has 0 spiro atoms. The van der Waals surface area contributed by atoms with E-state index in [1.165, 1.54) is 64.5 Å². The number of hydrogen-bond acceptors (Lipinski definition) is 0. The lowest BCUT2D eigenvalue weighted by Crippen LogP contribution is -2.52. The van der Waals surface area contributed by atoms with Crippen molar-refractivity contribution in [3.8, 4) is 0 Å². The summed E-state index contributed by atoms with van der Waals surface area (Å²) in [6.07, 6.45) is 2.11. The van der Waals surface area contributed by atoms with E-state index in [9.17, 15) is 0 Å². The molecule has 6 rings (SSSR count). The van der Waals surface area contributed by atoms with Gasteiger partial charge in [0.25, 0.3) is 0 Å². The van der Waals surface area contributed by atoms with E-state index >= 15 is 0 Å². The van der Waals surface area contributed by atoms with Crippen LogP contribution in [0.5, 0.6) is 0 Å². The lowest BCUT2D eigenvalue weighted by molar-refractivity contribution is 0.961. The summed E-state index contributed by atoms with van der Waals surface area (Å²) in [6.45, 7) is 8.68. The fraction of sp³-hybridized carbons (Fsp3) is 0.143. The molecule has 0 aliphatic heterocycles. The molecule has 0 nitrogen and oxygen atoms in total. The molecule has 6 aromatic rings. The highest BCUT2D eigenvalue weighted by Gasteiger charge is 2.20. The minimum atomic E-state index is -1.52. The molecule has 0 N–H and O–H groups in total. The van der Waals surface area contributed by atoms with Crippen molar-refractivity contribution >= 4 is 48.7 Å². The molecule has 0 radical (unpaired) electrons. The van der Waals surface area contributed by atoms with Crippen molar-refractivity contribution in [2.24, 2.45) is 0 Å². The Morgan fingerprint density at radius 3 is 0.659 bits per heavy atom. The summed E-state index contributed by atoms with van der Waals surface area (Å²) in [7, 11) is -3.04. The molecule has 44 heavy (non-hydrogen) atoms. The molecule has 0 atom stereocenters. The summed E-state index contributed by atoms with van der Waals surface area (Å²) < 4.78 is 0. The van der Waals surface area contributed by atoms with Crippen molar-refractivity contribution in [2.75, 3.05) is 0 Å². The second kappa shape index (κ2) is 13.6. The fourth-order valence-electron chi connectivity index (χ4n) is 6.23. The maximum absolute atomic E-state index is 2.40. The van der Waals surface area contributed by atoms with Crippen LogP contribution in [-0.4, -0.2) is 17.6 Å². The standard InChI is InChI=1S/C42H42Si2/c1-31-5-19-37(20-6-31)43(38-21-7-32(2)8-22-38)41-27-15-35(16-28-41)13-14-36-17-29-42(30-18-36)44(39-23-9-33(3)10-24-39)40-25-11-34(4)12-26-40/h5-12,15-30,43-44H,13-14H2,1-4H3. The van der Waals surface area contributed by atoms with Crippen molar-refractivity contribution in [1.82, 2.24) is 0 Å². The molecule has 0 heterocycles. The zero-order chi connectivity index (χ0) is 30.5. The summed E-state index contributed by atoms with van der Waals surface area (Å²) in [5, 5.41) is 8.87. The SMILES string of the molecule is Cc1ccc([SiH](c2ccc(C)cc2)c2ccc(CCc3ccc([SiH](c4ccc(C)cc4)c4ccc(C)cc4)cc3)cc2)cc1. The molecule has 0 aliphatic rings. The Hall–Kier alpha value is -4.25. The molecule has 0 saturated heterocycles. The number of hydrogen-bond donors (Lipinski definition) is 0. The van der Waals surface area contributed by atoms with E-state index in [1.807, 2.05) is 0 Å². The molecule has 0 fully saturated rings. The van der Waals surface area contributed by atoms with Gasteiger partial charge in [-0.05, 0) is 51.7 Å². The molecule has 0 saturated carbocycles. The summed E-state index contributed by atoms with van der Waals surface area (Å²) in [6, 6.07) is 55.9. The highest BCUT2D eigenvalue weighted by molar-refractivity contribution is 6.96. The highest BCUT2D eigenvalue weighted by atomic mass is 28.3. The van der Waals surface area contributed by atoms with Gasteiger partial charge in [-0.2, -0.15) is 0 Å². The largest absolute Gasteiger partial charge is 0.132 e. The van der Waals surface area contributed by atoms with Crippen LogP contribution < -0.4 is 31.1 Å². The average molecular weight is 603 g/mol. The van der Waals surface area contributed by atoms with Crippen LogP contribution in [0.3, 0.4) is 0 Å². The van der Waals surface area contributed by atoms with E-state index in [-0.39, 0.29) is 0 Å². The van der Waals surface area contributed by atoms with Gasteiger partial charge < -0.3 is 0 Å². The Morgan fingerprint density at radius 2 is 0.455 bits per heavy atom. The number of rotatable bonds is 9. The average Bonchev–Trinajstić information content (AvgIpc) is 3.05. The second-order valence-corrected chi connectivity index (χ2v) is 18.2. The van der Waals surface area contributed by atoms with Gasteiger partial charge in [-0.25, -0.2) is 0 Å². The molecule has 0 aromatic heterocycles. The van der Waals surface area contributed by atoms with Gasteiger partial charge in [0, 0.05) is 0 Å². The van der Waals surface area contributed by atoms with Crippen molar-refractivity contribution in [3.05, 3.63) is 179 Å². The summed E-state index contributed by atoms with van der Waals surface area (Å²) in [4.78, 5) is 0. The molecule has 0 bridgehead atoms. The van der Waals surface area contributed by atoms with Crippen molar-refractivity contribution in [1.29, 1.82) is 0 Å². The molecule has 0 amide bonds. The topological polar surface area (TPSA) is 0 Å². The Morgan fingerprint density at radius 1 is 0.273 bits per heavy atom. The summed E-state index contributed by atoms with van der Waals surface area (Å²) in [5.74, 6) is 0. The van der Waals surface area contributed by atoms with Crippen LogP contribution in [0.1, 0.15) is 33.4 Å². The number of aryl methyl sites for hydroxylation is 6. The van der Waals surface area contributed by atoms with E-state index in [2.05, 4.69) is 173 Å². The first-order valence-electron chi connectivity index (χ1n) is 15.9. The van der Waals surface area contributed by atoms with Gasteiger partial charge >= 0.3 is 0 Å². The predicted octanol–water partition coefficient (Wildman–Crippen LogP) is 5.20. The van der Waals surface area contributed by atoms with Crippen molar-refractivity contribution in [3.63, 3.8) is 0 Å². The van der Waals surface area contributed by atoms with Crippen LogP contribution in [0.2, 0.25) is 0 Å². The second-order valence-electron chi connectivity index (χ2n) is 12.5. The first-order valence-corrected chi connectivity index (χ1v) is 19.3. The van der Waals surface area contributed by atoms with Gasteiger partial charge in [-0.1, -0.05) is 199 Å². The van der Waals surface area contributed by atoms with Gasteiger partial charge in [0.1, 0.15) is 17.6 Å². The van der Waals surface area contributed by atoms with Gasteiger partial charge in [0.05, 0.1) is 0 Å². The van der Waals surface area contributed by atoms with Crippen LogP contribution >= 0.6 is 0 Å². The number of benzene rings is 6. The van der Waals surface area contributed by atoms with Crippen molar-refractivity contribution < 1.29 is 0 Å². The van der Waals surface area contributed by atoms with Gasteiger partial charge in [0.15, 0.2) is 0 Å². The minimum absolute atomic E-state index is 1.05. The Balaban J connectivity index is 1.18. The predicted molar refractivity (Wildman–Crippen MR) is 197 cm³/mol. The van der Waals surface area contributed by atoms with Gasteiger partial charge in [-0.3, -0.25) is 0 Å². The monoisotopic (exact) mass is 602 g/mol. The highest BCUT2D eigenvalue weighted by Crippen LogP contribution is 2.09. The van der Waals surface area contributed by atoms with Gasteiger partial charge in [-0.15, -0.1) is 0 Å². The Labute approximate surface area is 267 Å². The van der Waals surface area contributed by atoms with Crippen LogP contribution in [0.25, 0.3) is 0 Å². The quantitative estimate of drug-likeness (QED) is 0.158. The summed E-state index contributed by atoms with van der Waals surface area (Å²) >= 11 is 0. The molecule has 0 unspecified atom stereocenters. The third-order valence-corrected chi connectivity index (χ3v) is 15.3. The normalized spacial score (nSPS) is 11.3. The molecular weight excluding hydrogens is 561 g/mol. The lowest BCUT2D eigenvalue weighted by atomic mass is 10.0. The third-order valence-electron chi connectivity index (χ3n) is 8.97. The molecule has 2 heteroatoms. The molecule has 218 valence electrons. The molecule has 6 aromatic carbocycles. The Kier molecular flexibility index (Phi) is 9.21. The van der Waals surface area contributed by atoms with E-state index in [0.717, 1.165) is 12.8 Å². The van der Waals surface area contributed by atoms with E-state index in [1.54, 1.807) is 0 Å². The Bertz CT molecular complexity index is 1550. The van der Waals surface area contributed by atoms with Gasteiger partial charge in [0.2, 0.25) is 0 Å². The van der Waals surface area contributed by atoms with E-state index in [4.69, 9.17) is 0 Å². The zero-order valence-electron chi connectivity index (χ0n) is 26.4. The van der Waals surface area contributed by atoms with Crippen LogP contribution in [-0.2, 0) is 12.8 Å². The smallest absolute Gasteiger partial charge is 0.0623 e. The van der Waals surface area contributed by atoms with E-state index in [0.29, 0.717) is 0 Å². The van der Waals surface area contributed by atoms with Crippen LogP contribution in [0.15, 0.2) is 146 Å². The fourth-order valence-corrected chi connectivity index (χ4v) is 12.0. The molecule has 0 aliphatic carbocycles. The first kappa shape index (κ1) is 29.8. The maximum atomic E-state index is 2.40. The minimum Gasteiger partial charge on any atom is -0.0623 e. The summed E-state index contributed by atoms with van der Waals surface area (Å²) in [5.41, 5.74) is 8.08. The third kappa shape index (κ3) is 7.10. The van der Waals surface area contributed by atoms with Crippen LogP contribution in [0.4, 0.5) is 0 Å². The first-order chi connectivity index (χ1) is 21.4.